The van der Waals surface area contributed by atoms with Gasteiger partial charge in [0.15, 0.2) is 0 Å². The SMILES string of the molecule is N#Cc1ccnc(N2CC[C@@H]3CCN(C(=O)c4ccccc4OCC(F)F)C[C@@H]32)c1. The Labute approximate surface area is 173 Å². The van der Waals surface area contributed by atoms with Gasteiger partial charge in [-0.3, -0.25) is 4.79 Å². The van der Waals surface area contributed by atoms with Crippen molar-refractivity contribution in [1.82, 2.24) is 9.88 Å². The Morgan fingerprint density at radius 2 is 2.07 bits per heavy atom. The number of amides is 1. The van der Waals surface area contributed by atoms with Crippen LogP contribution in [0.4, 0.5) is 14.6 Å². The molecule has 156 valence electrons. The van der Waals surface area contributed by atoms with Crippen molar-refractivity contribution in [3.05, 3.63) is 53.7 Å². The zero-order chi connectivity index (χ0) is 21.1. The number of aromatic nitrogens is 1. The monoisotopic (exact) mass is 412 g/mol. The van der Waals surface area contributed by atoms with Crippen LogP contribution in [-0.4, -0.2) is 54.5 Å². The van der Waals surface area contributed by atoms with Crippen molar-refractivity contribution >= 4 is 11.7 Å². The van der Waals surface area contributed by atoms with Crippen molar-refractivity contribution in [2.45, 2.75) is 25.3 Å². The van der Waals surface area contributed by atoms with E-state index < -0.39 is 13.0 Å². The van der Waals surface area contributed by atoms with Crippen LogP contribution in [0.3, 0.4) is 0 Å². The van der Waals surface area contributed by atoms with Crippen molar-refractivity contribution in [1.29, 1.82) is 5.26 Å². The summed E-state index contributed by atoms with van der Waals surface area (Å²) in [5, 5.41) is 9.17. The highest BCUT2D eigenvalue weighted by atomic mass is 19.3. The Morgan fingerprint density at radius 3 is 2.87 bits per heavy atom. The first-order valence-corrected chi connectivity index (χ1v) is 9.99. The van der Waals surface area contributed by atoms with E-state index in [0.717, 1.165) is 25.2 Å². The maximum absolute atomic E-state index is 13.2. The molecular weight excluding hydrogens is 390 g/mol. The molecule has 2 saturated heterocycles. The molecule has 1 aromatic heterocycles. The van der Waals surface area contributed by atoms with E-state index in [0.29, 0.717) is 30.1 Å². The summed E-state index contributed by atoms with van der Waals surface area (Å²) in [6, 6.07) is 12.2. The van der Waals surface area contributed by atoms with Gasteiger partial charge in [0.1, 0.15) is 18.2 Å². The van der Waals surface area contributed by atoms with Crippen LogP contribution in [0.25, 0.3) is 0 Å². The van der Waals surface area contributed by atoms with Crippen molar-refractivity contribution < 1.29 is 18.3 Å². The van der Waals surface area contributed by atoms with Gasteiger partial charge in [-0.1, -0.05) is 12.1 Å². The normalized spacial score (nSPS) is 20.7. The number of likely N-dealkylation sites (tertiary alicyclic amines) is 1. The number of hydrogen-bond donors (Lipinski definition) is 0. The zero-order valence-corrected chi connectivity index (χ0v) is 16.4. The molecule has 0 saturated carbocycles. The predicted octanol–water partition coefficient (Wildman–Crippen LogP) is 3.34. The van der Waals surface area contributed by atoms with E-state index in [2.05, 4.69) is 16.0 Å². The molecule has 2 aliphatic rings. The number of piperidine rings is 1. The zero-order valence-electron chi connectivity index (χ0n) is 16.4. The lowest BCUT2D eigenvalue weighted by molar-refractivity contribution is 0.0651. The first-order chi connectivity index (χ1) is 14.6. The molecule has 1 amide bonds. The molecule has 0 radical (unpaired) electrons. The van der Waals surface area contributed by atoms with Crippen molar-refractivity contribution in [2.24, 2.45) is 5.92 Å². The number of rotatable bonds is 5. The molecule has 8 heteroatoms. The van der Waals surface area contributed by atoms with E-state index in [1.807, 2.05) is 0 Å². The third-order valence-corrected chi connectivity index (χ3v) is 5.80. The molecule has 3 heterocycles. The number of fused-ring (bicyclic) bond motifs is 1. The van der Waals surface area contributed by atoms with Crippen molar-refractivity contribution in [2.75, 3.05) is 31.1 Å². The van der Waals surface area contributed by atoms with Crippen LogP contribution in [0, 0.1) is 17.2 Å². The molecule has 0 aliphatic carbocycles. The molecule has 2 fully saturated rings. The van der Waals surface area contributed by atoms with Crippen LogP contribution in [0.2, 0.25) is 0 Å². The van der Waals surface area contributed by atoms with Crippen LogP contribution in [0.15, 0.2) is 42.6 Å². The van der Waals surface area contributed by atoms with E-state index in [9.17, 15) is 18.8 Å². The molecule has 2 atom stereocenters. The molecular formula is C22H22F2N4O2. The van der Waals surface area contributed by atoms with E-state index in [1.165, 1.54) is 0 Å². The fourth-order valence-corrected chi connectivity index (χ4v) is 4.35. The molecule has 1 aromatic carbocycles. The van der Waals surface area contributed by atoms with Crippen molar-refractivity contribution in [3.63, 3.8) is 0 Å². The number of nitriles is 1. The average molecular weight is 412 g/mol. The summed E-state index contributed by atoms with van der Waals surface area (Å²) in [6.07, 6.45) is 0.904. The molecule has 2 aliphatic heterocycles. The first-order valence-electron chi connectivity index (χ1n) is 9.99. The summed E-state index contributed by atoms with van der Waals surface area (Å²) in [5.74, 6) is 1.16. The standard InChI is InChI=1S/C22H22F2N4O2/c23-20(24)14-30-19-4-2-1-3-17(19)22(29)27-9-6-16-7-10-28(18(16)13-27)21-11-15(12-25)5-8-26-21/h1-5,8,11,16,18,20H,6-7,9-10,13-14H2/t16-,18-/m0/s1. The first kappa shape index (κ1) is 20.1. The largest absolute Gasteiger partial charge is 0.487 e. The molecule has 4 rings (SSSR count). The molecule has 0 spiro atoms. The second-order valence-electron chi connectivity index (χ2n) is 7.56. The van der Waals surface area contributed by atoms with Crippen LogP contribution in [0.1, 0.15) is 28.8 Å². The van der Waals surface area contributed by atoms with Gasteiger partial charge in [-0.2, -0.15) is 5.26 Å². The summed E-state index contributed by atoms with van der Waals surface area (Å²) >= 11 is 0. The number of para-hydroxylation sites is 1. The third-order valence-electron chi connectivity index (χ3n) is 5.80. The number of hydrogen-bond acceptors (Lipinski definition) is 5. The van der Waals surface area contributed by atoms with Crippen molar-refractivity contribution in [3.8, 4) is 11.8 Å². The Bertz CT molecular complexity index is 962. The van der Waals surface area contributed by atoms with Crippen LogP contribution >= 0.6 is 0 Å². The second-order valence-corrected chi connectivity index (χ2v) is 7.56. The lowest BCUT2D eigenvalue weighted by Gasteiger charge is -2.39. The van der Waals surface area contributed by atoms with Crippen LogP contribution in [-0.2, 0) is 0 Å². The summed E-state index contributed by atoms with van der Waals surface area (Å²) in [6.45, 7) is 1.21. The maximum atomic E-state index is 13.2. The van der Waals surface area contributed by atoms with Gasteiger partial charge >= 0.3 is 0 Å². The number of benzene rings is 1. The number of alkyl halides is 2. The number of anilines is 1. The van der Waals surface area contributed by atoms with Gasteiger partial charge in [0.25, 0.3) is 12.3 Å². The van der Waals surface area contributed by atoms with Gasteiger partial charge in [0, 0.05) is 25.8 Å². The predicted molar refractivity (Wildman–Crippen MR) is 107 cm³/mol. The summed E-state index contributed by atoms with van der Waals surface area (Å²) in [7, 11) is 0. The van der Waals surface area contributed by atoms with E-state index >= 15 is 0 Å². The van der Waals surface area contributed by atoms with E-state index in [4.69, 9.17) is 4.74 Å². The van der Waals surface area contributed by atoms with Gasteiger partial charge in [-0.25, -0.2) is 13.8 Å². The molecule has 0 unspecified atom stereocenters. The van der Waals surface area contributed by atoms with Gasteiger partial charge in [0.05, 0.1) is 23.2 Å². The minimum atomic E-state index is -2.60. The van der Waals surface area contributed by atoms with Gasteiger partial charge in [0.2, 0.25) is 0 Å². The highest BCUT2D eigenvalue weighted by Gasteiger charge is 2.40. The van der Waals surface area contributed by atoms with Gasteiger partial charge < -0.3 is 14.5 Å². The number of pyridine rings is 1. The molecule has 30 heavy (non-hydrogen) atoms. The molecule has 0 N–H and O–H groups in total. The fraction of sp³-hybridized carbons (Fsp3) is 0.409. The minimum Gasteiger partial charge on any atom is -0.487 e. The van der Waals surface area contributed by atoms with E-state index in [-0.39, 0.29) is 17.7 Å². The lowest BCUT2D eigenvalue weighted by atomic mass is 9.91. The van der Waals surface area contributed by atoms with E-state index in [1.54, 1.807) is 47.5 Å². The Balaban J connectivity index is 1.52. The average Bonchev–Trinajstić information content (AvgIpc) is 3.20. The Morgan fingerprint density at radius 1 is 1.27 bits per heavy atom. The van der Waals surface area contributed by atoms with Gasteiger partial charge in [-0.05, 0) is 43.0 Å². The summed E-state index contributed by atoms with van der Waals surface area (Å²) in [4.78, 5) is 21.5. The fourth-order valence-electron chi connectivity index (χ4n) is 4.35. The highest BCUT2D eigenvalue weighted by molar-refractivity contribution is 5.97. The maximum Gasteiger partial charge on any atom is 0.272 e. The summed E-state index contributed by atoms with van der Waals surface area (Å²) in [5.41, 5.74) is 0.850. The Hall–Kier alpha value is -3.21. The highest BCUT2D eigenvalue weighted by Crippen LogP contribution is 2.35. The summed E-state index contributed by atoms with van der Waals surface area (Å²) < 4.78 is 30.3. The number of nitrogens with zero attached hydrogens (tertiary/aromatic N) is 4. The number of halogens is 2. The number of carbonyl (C=O) groups is 1. The smallest absolute Gasteiger partial charge is 0.272 e. The molecule has 0 bridgehead atoms. The third kappa shape index (κ3) is 4.06. The Kier molecular flexibility index (Phi) is 5.79. The second kappa shape index (κ2) is 8.66. The minimum absolute atomic E-state index is 0.110. The van der Waals surface area contributed by atoms with Crippen LogP contribution < -0.4 is 9.64 Å². The van der Waals surface area contributed by atoms with Gasteiger partial charge in [-0.15, -0.1) is 0 Å². The topological polar surface area (TPSA) is 69.5 Å². The molecule has 6 nitrogen and oxygen atoms in total. The lowest BCUT2D eigenvalue weighted by Crippen LogP contribution is -2.50. The number of carbonyl (C=O) groups excluding carboxylic acids is 1. The quantitative estimate of drug-likeness (QED) is 0.754. The van der Waals surface area contributed by atoms with Crippen LogP contribution in [0.5, 0.6) is 5.75 Å². The molecule has 2 aromatic rings. The number of ether oxygens (including phenoxy) is 1.